The fourth-order valence-electron chi connectivity index (χ4n) is 1.65. The number of carbonyl (C=O) groups is 1. The van der Waals surface area contributed by atoms with E-state index >= 15 is 0 Å². The molecule has 18 heavy (non-hydrogen) atoms. The molecule has 0 spiro atoms. The summed E-state index contributed by atoms with van der Waals surface area (Å²) in [4.78, 5) is 11.8. The number of hydrogen-bond acceptors (Lipinski definition) is 2. The zero-order chi connectivity index (χ0) is 13.7. The van der Waals surface area contributed by atoms with Crippen molar-refractivity contribution in [2.75, 3.05) is 0 Å². The molecule has 0 saturated heterocycles. The number of nitrogens with two attached hydrogens (primary N) is 1. The predicted molar refractivity (Wildman–Crippen MR) is 78.1 cm³/mol. The summed E-state index contributed by atoms with van der Waals surface area (Å²) in [6.07, 6.45) is 0.368. The van der Waals surface area contributed by atoms with Crippen LogP contribution in [-0.4, -0.2) is 11.9 Å². The Balaban J connectivity index is 2.58. The van der Waals surface area contributed by atoms with Crippen LogP contribution in [0, 0.1) is 5.92 Å². The van der Waals surface area contributed by atoms with E-state index in [1.54, 1.807) is 0 Å². The summed E-state index contributed by atoms with van der Waals surface area (Å²) >= 11 is 3.48. The van der Waals surface area contributed by atoms with Gasteiger partial charge in [0.25, 0.3) is 0 Å². The molecule has 0 aliphatic heterocycles. The minimum absolute atomic E-state index is 0.000506. The molecule has 100 valence electrons. The zero-order valence-electron chi connectivity index (χ0n) is 11.1. The molecule has 0 aliphatic rings. The minimum atomic E-state index is -0.0867. The molecule has 0 heterocycles. The highest BCUT2D eigenvalue weighted by Crippen LogP contribution is 2.22. The van der Waals surface area contributed by atoms with Gasteiger partial charge in [-0.1, -0.05) is 48.0 Å². The molecule has 0 bridgehead atoms. The van der Waals surface area contributed by atoms with E-state index in [4.69, 9.17) is 5.73 Å². The molecule has 3 N–H and O–H groups in total. The van der Waals surface area contributed by atoms with E-state index in [9.17, 15) is 4.79 Å². The van der Waals surface area contributed by atoms with Crippen molar-refractivity contribution in [2.45, 2.75) is 39.3 Å². The molecule has 3 nitrogen and oxygen atoms in total. The summed E-state index contributed by atoms with van der Waals surface area (Å²) < 4.78 is 1.01. The first-order chi connectivity index (χ1) is 8.41. The van der Waals surface area contributed by atoms with Crippen LogP contribution in [0.25, 0.3) is 0 Å². The van der Waals surface area contributed by atoms with Crippen LogP contribution in [0.1, 0.15) is 38.8 Å². The Hall–Kier alpha value is -0.870. The van der Waals surface area contributed by atoms with Crippen molar-refractivity contribution in [2.24, 2.45) is 11.7 Å². The molecule has 1 aromatic carbocycles. The fraction of sp³-hybridized carbons (Fsp3) is 0.500. The summed E-state index contributed by atoms with van der Waals surface area (Å²) in [6.45, 7) is 6.02. The number of nitrogens with one attached hydrogen (secondary N) is 1. The Labute approximate surface area is 117 Å². The maximum absolute atomic E-state index is 11.8. The third-order valence-electron chi connectivity index (χ3n) is 3.03. The van der Waals surface area contributed by atoms with Crippen LogP contribution in [0.15, 0.2) is 28.7 Å². The van der Waals surface area contributed by atoms with Gasteiger partial charge in [0.2, 0.25) is 5.91 Å². The van der Waals surface area contributed by atoms with E-state index in [1.165, 1.54) is 0 Å². The van der Waals surface area contributed by atoms with Gasteiger partial charge in [-0.05, 0) is 24.5 Å². The molecule has 1 rings (SSSR count). The van der Waals surface area contributed by atoms with Crippen LogP contribution in [-0.2, 0) is 4.79 Å². The second kappa shape index (κ2) is 6.90. The van der Waals surface area contributed by atoms with Gasteiger partial charge in [0.1, 0.15) is 0 Å². The third kappa shape index (κ3) is 4.42. The van der Waals surface area contributed by atoms with E-state index in [2.05, 4.69) is 21.2 Å². The lowest BCUT2D eigenvalue weighted by Gasteiger charge is -2.19. The van der Waals surface area contributed by atoms with Gasteiger partial charge in [-0.25, -0.2) is 0 Å². The molecule has 1 amide bonds. The number of amides is 1. The van der Waals surface area contributed by atoms with Crippen LogP contribution in [0.4, 0.5) is 0 Å². The van der Waals surface area contributed by atoms with Crippen molar-refractivity contribution in [1.82, 2.24) is 5.32 Å². The van der Waals surface area contributed by atoms with Crippen molar-refractivity contribution in [3.05, 3.63) is 34.3 Å². The maximum atomic E-state index is 11.8. The third-order valence-corrected chi connectivity index (χ3v) is 3.75. The monoisotopic (exact) mass is 312 g/mol. The Kier molecular flexibility index (Phi) is 5.82. The van der Waals surface area contributed by atoms with Gasteiger partial charge in [0.05, 0.1) is 6.04 Å². The Morgan fingerprint density at radius 3 is 2.50 bits per heavy atom. The molecule has 1 unspecified atom stereocenters. The second-order valence-electron chi connectivity index (χ2n) is 4.92. The van der Waals surface area contributed by atoms with E-state index in [-0.39, 0.29) is 18.0 Å². The van der Waals surface area contributed by atoms with E-state index < -0.39 is 0 Å². The van der Waals surface area contributed by atoms with Crippen molar-refractivity contribution in [3.63, 3.8) is 0 Å². The highest BCUT2D eigenvalue weighted by Gasteiger charge is 2.16. The lowest BCUT2D eigenvalue weighted by atomic mass is 10.0. The molecule has 0 aliphatic carbocycles. The van der Waals surface area contributed by atoms with Crippen LogP contribution in [0.3, 0.4) is 0 Å². The lowest BCUT2D eigenvalue weighted by Crippen LogP contribution is -2.35. The summed E-state index contributed by atoms with van der Waals surface area (Å²) in [5.41, 5.74) is 6.96. The number of halogens is 1. The standard InChI is InChI=1S/C14H21BrN2O/c1-9(2)13(16)8-14(18)17-10(3)11-6-4-5-7-12(11)15/h4-7,9-10,13H,8,16H2,1-3H3,(H,17,18)/t10-,13?/m0/s1. The van der Waals surface area contributed by atoms with Gasteiger partial charge in [0, 0.05) is 16.9 Å². The molecule has 1 aromatic rings. The van der Waals surface area contributed by atoms with Gasteiger partial charge in [0.15, 0.2) is 0 Å². The van der Waals surface area contributed by atoms with Crippen LogP contribution >= 0.6 is 15.9 Å². The number of hydrogen-bond donors (Lipinski definition) is 2. The Bertz CT molecular complexity index is 407. The number of carbonyl (C=O) groups excluding carboxylic acids is 1. The quantitative estimate of drug-likeness (QED) is 0.878. The van der Waals surface area contributed by atoms with Crippen molar-refractivity contribution in [3.8, 4) is 0 Å². The summed E-state index contributed by atoms with van der Waals surface area (Å²) in [7, 11) is 0. The van der Waals surface area contributed by atoms with E-state index in [1.807, 2.05) is 45.0 Å². The van der Waals surface area contributed by atoms with Crippen molar-refractivity contribution < 1.29 is 4.79 Å². The first-order valence-electron chi connectivity index (χ1n) is 6.21. The van der Waals surface area contributed by atoms with Crippen LogP contribution in [0.5, 0.6) is 0 Å². The van der Waals surface area contributed by atoms with Crippen LogP contribution in [0.2, 0.25) is 0 Å². The Morgan fingerprint density at radius 2 is 1.94 bits per heavy atom. The topological polar surface area (TPSA) is 55.1 Å². The molecule has 2 atom stereocenters. The average Bonchev–Trinajstić information content (AvgIpc) is 2.28. The first kappa shape index (κ1) is 15.2. The zero-order valence-corrected chi connectivity index (χ0v) is 12.7. The summed E-state index contributed by atoms with van der Waals surface area (Å²) in [5, 5.41) is 2.97. The Morgan fingerprint density at radius 1 is 1.33 bits per heavy atom. The molecule has 4 heteroatoms. The first-order valence-corrected chi connectivity index (χ1v) is 7.00. The molecule has 0 saturated carbocycles. The highest BCUT2D eigenvalue weighted by molar-refractivity contribution is 9.10. The van der Waals surface area contributed by atoms with Crippen molar-refractivity contribution in [1.29, 1.82) is 0 Å². The predicted octanol–water partition coefficient (Wildman–Crippen LogP) is 3.00. The molecular weight excluding hydrogens is 292 g/mol. The van der Waals surface area contributed by atoms with Gasteiger partial charge in [-0.3, -0.25) is 4.79 Å². The normalized spacial score (nSPS) is 14.3. The van der Waals surface area contributed by atoms with E-state index in [0.717, 1.165) is 10.0 Å². The maximum Gasteiger partial charge on any atom is 0.222 e. The summed E-state index contributed by atoms with van der Waals surface area (Å²) in [6, 6.07) is 7.78. The highest BCUT2D eigenvalue weighted by atomic mass is 79.9. The minimum Gasteiger partial charge on any atom is -0.349 e. The van der Waals surface area contributed by atoms with Gasteiger partial charge in [-0.15, -0.1) is 0 Å². The summed E-state index contributed by atoms with van der Waals surface area (Å²) in [5.74, 6) is 0.314. The van der Waals surface area contributed by atoms with Gasteiger partial charge < -0.3 is 11.1 Å². The largest absolute Gasteiger partial charge is 0.349 e. The van der Waals surface area contributed by atoms with Crippen molar-refractivity contribution >= 4 is 21.8 Å². The second-order valence-corrected chi connectivity index (χ2v) is 5.78. The molecule has 0 aromatic heterocycles. The van der Waals surface area contributed by atoms with E-state index in [0.29, 0.717) is 12.3 Å². The number of benzene rings is 1. The molecule has 0 fully saturated rings. The fourth-order valence-corrected chi connectivity index (χ4v) is 2.28. The van der Waals surface area contributed by atoms with Crippen LogP contribution < -0.4 is 11.1 Å². The van der Waals surface area contributed by atoms with Gasteiger partial charge >= 0.3 is 0 Å². The lowest BCUT2D eigenvalue weighted by molar-refractivity contribution is -0.122. The molecular formula is C14H21BrN2O. The van der Waals surface area contributed by atoms with Gasteiger partial charge in [-0.2, -0.15) is 0 Å². The SMILES string of the molecule is CC(C)C(N)CC(=O)N[C@@H](C)c1ccccc1Br. The smallest absolute Gasteiger partial charge is 0.222 e. The molecule has 0 radical (unpaired) electrons. The average molecular weight is 313 g/mol. The number of rotatable bonds is 5.